The molecule has 0 amide bonds. The molecule has 0 spiro atoms. The van der Waals surface area contributed by atoms with Crippen LogP contribution in [0.15, 0.2) is 12.2 Å². The minimum Gasteiger partial charge on any atom is -0.328 e. The van der Waals surface area contributed by atoms with E-state index < -0.39 is 0 Å². The van der Waals surface area contributed by atoms with Crippen LogP contribution in [0.1, 0.15) is 26.7 Å². The molecule has 0 aromatic rings. The van der Waals surface area contributed by atoms with E-state index >= 15 is 0 Å². The molecule has 0 radical (unpaired) electrons. The van der Waals surface area contributed by atoms with E-state index in [1.54, 1.807) is 6.92 Å². The fourth-order valence-electron chi connectivity index (χ4n) is 1.33. The Hall–Kier alpha value is -0.630. The summed E-state index contributed by atoms with van der Waals surface area (Å²) in [6.45, 7) is 9.64. The van der Waals surface area contributed by atoms with Crippen LogP contribution < -0.4 is 0 Å². The molecule has 2 nitrogen and oxygen atoms in total. The number of hydrogen-bond donors (Lipinski definition) is 0. The zero-order valence-electron chi connectivity index (χ0n) is 9.39. The molecule has 0 aliphatic heterocycles. The van der Waals surface area contributed by atoms with Gasteiger partial charge in [0.05, 0.1) is 33.6 Å². The molecule has 13 heavy (non-hydrogen) atoms. The largest absolute Gasteiger partial charge is 0.328 e. The molecule has 0 aliphatic carbocycles. The summed E-state index contributed by atoms with van der Waals surface area (Å²) in [4.78, 5) is 11.3. The maximum Gasteiger partial charge on any atom is 0.163 e. The van der Waals surface area contributed by atoms with Gasteiger partial charge in [0.25, 0.3) is 0 Å². The molecule has 0 atom stereocenters. The van der Waals surface area contributed by atoms with Crippen molar-refractivity contribution in [2.24, 2.45) is 0 Å². The molecule has 0 saturated carbocycles. The first-order chi connectivity index (χ1) is 5.89. The van der Waals surface area contributed by atoms with E-state index in [0.29, 0.717) is 12.0 Å². The van der Waals surface area contributed by atoms with E-state index in [1.165, 1.54) is 0 Å². The Morgan fingerprint density at radius 2 is 1.85 bits per heavy atom. The molecular weight excluding hydrogens is 162 g/mol. The van der Waals surface area contributed by atoms with Crippen LogP contribution >= 0.6 is 0 Å². The lowest BCUT2D eigenvalue weighted by Gasteiger charge is -2.29. The quantitative estimate of drug-likeness (QED) is 0.456. The van der Waals surface area contributed by atoms with E-state index in [4.69, 9.17) is 0 Å². The second-order valence-corrected chi connectivity index (χ2v) is 4.34. The molecule has 0 heterocycles. The summed E-state index contributed by atoms with van der Waals surface area (Å²) in [5.41, 5.74) is 0.677. The van der Waals surface area contributed by atoms with E-state index in [1.807, 2.05) is 0 Å². The van der Waals surface area contributed by atoms with Gasteiger partial charge in [-0.25, -0.2) is 0 Å². The van der Waals surface area contributed by atoms with Gasteiger partial charge in [0, 0.05) is 0 Å². The van der Waals surface area contributed by atoms with Crippen LogP contribution in [0.4, 0.5) is 0 Å². The number of Topliss-reactive ketones (excluding diaryl/α,β-unsaturated/α-hetero) is 1. The van der Waals surface area contributed by atoms with Gasteiger partial charge in [0.15, 0.2) is 5.78 Å². The molecular formula is C11H22NO+. The number of ketones is 1. The first-order valence-electron chi connectivity index (χ1n) is 4.90. The smallest absolute Gasteiger partial charge is 0.163 e. The third kappa shape index (κ3) is 5.58. The summed E-state index contributed by atoms with van der Waals surface area (Å²) in [5.74, 6) is 0.197. The highest BCUT2D eigenvalue weighted by molar-refractivity contribution is 5.94. The van der Waals surface area contributed by atoms with Gasteiger partial charge in [-0.2, -0.15) is 0 Å². The molecule has 0 aliphatic rings. The van der Waals surface area contributed by atoms with E-state index in [9.17, 15) is 4.79 Å². The Labute approximate surface area is 81.8 Å². The second kappa shape index (κ2) is 5.18. The van der Waals surface area contributed by atoms with E-state index in [-0.39, 0.29) is 5.78 Å². The van der Waals surface area contributed by atoms with Crippen molar-refractivity contribution in [1.82, 2.24) is 0 Å². The van der Waals surface area contributed by atoms with Gasteiger partial charge < -0.3 is 4.48 Å². The predicted octanol–water partition coefficient (Wildman–Crippen LogP) is 2.01. The lowest BCUT2D eigenvalue weighted by molar-refractivity contribution is -0.889. The maximum absolute atomic E-state index is 11.3. The Morgan fingerprint density at radius 3 is 2.23 bits per heavy atom. The summed E-state index contributed by atoms with van der Waals surface area (Å²) in [6.07, 6.45) is 1.79. The highest BCUT2D eigenvalue weighted by Gasteiger charge is 2.15. The molecule has 0 unspecified atom stereocenters. The number of carbonyl (C=O) groups is 1. The van der Waals surface area contributed by atoms with Crippen molar-refractivity contribution in [3.8, 4) is 0 Å². The normalized spacial score (nSPS) is 11.4. The number of quaternary nitrogens is 1. The standard InChI is InChI=1S/C11H22NO/c1-6-8-12(4,5)9-7-11(13)10(2)3/h2,6-9H2,1,3-5H3/q+1. The van der Waals surface area contributed by atoms with E-state index in [2.05, 4.69) is 27.6 Å². The van der Waals surface area contributed by atoms with Crippen molar-refractivity contribution in [3.63, 3.8) is 0 Å². The lowest BCUT2D eigenvalue weighted by Crippen LogP contribution is -2.41. The third-order valence-electron chi connectivity index (χ3n) is 2.25. The molecule has 0 bridgehead atoms. The molecule has 0 saturated heterocycles. The van der Waals surface area contributed by atoms with Gasteiger partial charge in [0.2, 0.25) is 0 Å². The van der Waals surface area contributed by atoms with Crippen LogP contribution in [0.5, 0.6) is 0 Å². The zero-order chi connectivity index (χ0) is 10.5. The first-order valence-corrected chi connectivity index (χ1v) is 4.90. The molecule has 0 fully saturated rings. The van der Waals surface area contributed by atoms with Crippen molar-refractivity contribution >= 4 is 5.78 Å². The number of carbonyl (C=O) groups excluding carboxylic acids is 1. The minimum atomic E-state index is 0.197. The molecule has 0 N–H and O–H groups in total. The Bertz CT molecular complexity index is 194. The Kier molecular flexibility index (Phi) is 4.92. The number of allylic oxidation sites excluding steroid dienone is 1. The number of hydrogen-bond acceptors (Lipinski definition) is 1. The minimum absolute atomic E-state index is 0.197. The zero-order valence-corrected chi connectivity index (χ0v) is 9.39. The van der Waals surface area contributed by atoms with Gasteiger partial charge in [-0.15, -0.1) is 0 Å². The SMILES string of the molecule is C=C(C)C(=O)CC[N+](C)(C)CCC. The lowest BCUT2D eigenvalue weighted by atomic mass is 10.1. The summed E-state index contributed by atoms with van der Waals surface area (Å²) in [5, 5.41) is 0. The van der Waals surface area contributed by atoms with Crippen molar-refractivity contribution in [2.45, 2.75) is 26.7 Å². The second-order valence-electron chi connectivity index (χ2n) is 4.34. The highest BCUT2D eigenvalue weighted by atomic mass is 16.1. The van der Waals surface area contributed by atoms with Gasteiger partial charge in [-0.1, -0.05) is 13.5 Å². The fraction of sp³-hybridized carbons (Fsp3) is 0.727. The van der Waals surface area contributed by atoms with Crippen LogP contribution in [0, 0.1) is 0 Å². The number of nitrogens with zero attached hydrogens (tertiary/aromatic N) is 1. The fourth-order valence-corrected chi connectivity index (χ4v) is 1.33. The third-order valence-corrected chi connectivity index (χ3v) is 2.25. The van der Waals surface area contributed by atoms with Gasteiger partial charge in [0.1, 0.15) is 0 Å². The summed E-state index contributed by atoms with van der Waals surface area (Å²) >= 11 is 0. The first kappa shape index (κ1) is 12.4. The molecule has 76 valence electrons. The van der Waals surface area contributed by atoms with Gasteiger partial charge >= 0.3 is 0 Å². The van der Waals surface area contributed by atoms with Crippen LogP contribution in [-0.4, -0.2) is 37.5 Å². The molecule has 0 rings (SSSR count). The van der Waals surface area contributed by atoms with Crippen molar-refractivity contribution in [1.29, 1.82) is 0 Å². The van der Waals surface area contributed by atoms with E-state index in [0.717, 1.165) is 24.0 Å². The average molecular weight is 184 g/mol. The summed E-state index contributed by atoms with van der Waals surface area (Å²) in [6, 6.07) is 0. The average Bonchev–Trinajstić information content (AvgIpc) is 2.00. The predicted molar refractivity (Wildman–Crippen MR) is 56.6 cm³/mol. The highest BCUT2D eigenvalue weighted by Crippen LogP contribution is 2.04. The van der Waals surface area contributed by atoms with Crippen LogP contribution in [0.2, 0.25) is 0 Å². The number of rotatable bonds is 6. The summed E-state index contributed by atoms with van der Waals surface area (Å²) in [7, 11) is 4.32. The summed E-state index contributed by atoms with van der Waals surface area (Å²) < 4.78 is 0.926. The van der Waals surface area contributed by atoms with Crippen molar-refractivity contribution < 1.29 is 9.28 Å². The molecule has 2 heteroatoms. The van der Waals surface area contributed by atoms with Crippen molar-refractivity contribution in [2.75, 3.05) is 27.2 Å². The topological polar surface area (TPSA) is 17.1 Å². The Morgan fingerprint density at radius 1 is 1.31 bits per heavy atom. The van der Waals surface area contributed by atoms with Crippen LogP contribution in [0.3, 0.4) is 0 Å². The van der Waals surface area contributed by atoms with Gasteiger partial charge in [-0.3, -0.25) is 4.79 Å². The van der Waals surface area contributed by atoms with Crippen LogP contribution in [-0.2, 0) is 4.79 Å². The van der Waals surface area contributed by atoms with Crippen LogP contribution in [0.25, 0.3) is 0 Å². The van der Waals surface area contributed by atoms with Crippen molar-refractivity contribution in [3.05, 3.63) is 12.2 Å². The Balaban J connectivity index is 3.87. The van der Waals surface area contributed by atoms with Gasteiger partial charge in [-0.05, 0) is 18.9 Å². The molecule has 0 aromatic heterocycles. The maximum atomic E-state index is 11.3. The monoisotopic (exact) mass is 184 g/mol. The molecule has 0 aromatic carbocycles.